The summed E-state index contributed by atoms with van der Waals surface area (Å²) < 4.78 is 1.85. The lowest BCUT2D eigenvalue weighted by atomic mass is 10.0. The van der Waals surface area contributed by atoms with Gasteiger partial charge in [0.25, 0.3) is 5.91 Å². The highest BCUT2D eigenvalue weighted by Crippen LogP contribution is 2.18. The number of nitrogens with one attached hydrogen (secondary N) is 1. The van der Waals surface area contributed by atoms with Crippen molar-refractivity contribution in [2.24, 2.45) is 5.92 Å². The maximum Gasteiger partial charge on any atom is 0.256 e. The second-order valence-electron chi connectivity index (χ2n) is 5.74. The number of hydrogen-bond acceptors (Lipinski definition) is 3. The number of amides is 1. The van der Waals surface area contributed by atoms with Gasteiger partial charge in [-0.3, -0.25) is 9.59 Å². The van der Waals surface area contributed by atoms with Crippen molar-refractivity contribution >= 4 is 28.4 Å². The fourth-order valence-corrected chi connectivity index (χ4v) is 2.55. The number of nitrogens with zero attached hydrogens (tertiary/aromatic N) is 1. The number of carbonyl (C=O) groups is 1. The Morgan fingerprint density at radius 3 is 2.70 bits per heavy atom. The average Bonchev–Trinajstić information content (AvgIpc) is 2.54. The van der Waals surface area contributed by atoms with E-state index in [0.29, 0.717) is 17.0 Å². The summed E-state index contributed by atoms with van der Waals surface area (Å²) in [6.07, 6.45) is 1.57. The molecule has 124 valence electrons. The topological polar surface area (TPSA) is 71.3 Å². The van der Waals surface area contributed by atoms with E-state index in [2.05, 4.69) is 5.32 Å². The molecule has 0 radical (unpaired) electrons. The van der Waals surface area contributed by atoms with E-state index >= 15 is 0 Å². The van der Waals surface area contributed by atoms with Crippen molar-refractivity contribution in [3.8, 4) is 0 Å². The van der Waals surface area contributed by atoms with E-state index in [-0.39, 0.29) is 29.6 Å². The molecule has 2 N–H and O–H groups in total. The molecule has 0 aliphatic rings. The van der Waals surface area contributed by atoms with Gasteiger partial charge >= 0.3 is 0 Å². The summed E-state index contributed by atoms with van der Waals surface area (Å²) in [5.74, 6) is -0.533. The number of fused-ring (bicyclic) bond motifs is 1. The van der Waals surface area contributed by atoms with E-state index in [1.807, 2.05) is 18.4 Å². The summed E-state index contributed by atoms with van der Waals surface area (Å²) in [6.45, 7) is 6.16. The van der Waals surface area contributed by atoms with E-state index in [4.69, 9.17) is 16.7 Å². The number of rotatable bonds is 5. The summed E-state index contributed by atoms with van der Waals surface area (Å²) in [7, 11) is 0. The third-order valence-electron chi connectivity index (χ3n) is 4.13. The highest BCUT2D eigenvalue weighted by Gasteiger charge is 2.19. The number of hydrogen-bond donors (Lipinski definition) is 2. The van der Waals surface area contributed by atoms with Gasteiger partial charge in [-0.2, -0.15) is 0 Å². The second kappa shape index (κ2) is 7.15. The van der Waals surface area contributed by atoms with E-state index in [1.54, 1.807) is 31.3 Å². The highest BCUT2D eigenvalue weighted by atomic mass is 35.5. The predicted octanol–water partition coefficient (Wildman–Crippen LogP) is 2.42. The molecule has 6 heteroatoms. The molecule has 2 rings (SSSR count). The molecule has 23 heavy (non-hydrogen) atoms. The zero-order chi connectivity index (χ0) is 17.1. The zero-order valence-electron chi connectivity index (χ0n) is 13.5. The Bertz CT molecular complexity index is 785. The van der Waals surface area contributed by atoms with Crippen LogP contribution in [0.4, 0.5) is 0 Å². The first-order valence-corrected chi connectivity index (χ1v) is 8.01. The van der Waals surface area contributed by atoms with Crippen molar-refractivity contribution in [3.63, 3.8) is 0 Å². The minimum atomic E-state index is -0.438. The van der Waals surface area contributed by atoms with Crippen LogP contribution < -0.4 is 10.7 Å². The SMILES string of the molecule is CCn1cc(C(=O)NC(C)C(C)CO)c(=O)c2cc(Cl)ccc21. The molecule has 0 spiro atoms. The minimum absolute atomic E-state index is 0.0338. The van der Waals surface area contributed by atoms with Crippen molar-refractivity contribution in [3.05, 3.63) is 45.2 Å². The van der Waals surface area contributed by atoms with Crippen LogP contribution in [-0.2, 0) is 6.54 Å². The zero-order valence-corrected chi connectivity index (χ0v) is 14.2. The number of halogens is 1. The number of aliphatic hydroxyl groups excluding tert-OH is 1. The third-order valence-corrected chi connectivity index (χ3v) is 4.36. The first-order valence-electron chi connectivity index (χ1n) is 7.63. The molecule has 2 atom stereocenters. The molecule has 0 aliphatic heterocycles. The summed E-state index contributed by atoms with van der Waals surface area (Å²) >= 11 is 5.99. The monoisotopic (exact) mass is 336 g/mol. The maximum atomic E-state index is 12.6. The molecule has 5 nitrogen and oxygen atoms in total. The van der Waals surface area contributed by atoms with Crippen LogP contribution in [-0.4, -0.2) is 28.2 Å². The fourth-order valence-electron chi connectivity index (χ4n) is 2.38. The molecule has 0 fully saturated rings. The highest BCUT2D eigenvalue weighted by molar-refractivity contribution is 6.31. The van der Waals surface area contributed by atoms with Crippen LogP contribution in [0.1, 0.15) is 31.1 Å². The number of aliphatic hydroxyl groups is 1. The molecular weight excluding hydrogens is 316 g/mol. The van der Waals surface area contributed by atoms with Gasteiger partial charge in [-0.25, -0.2) is 0 Å². The quantitative estimate of drug-likeness (QED) is 0.880. The summed E-state index contributed by atoms with van der Waals surface area (Å²) in [6, 6.07) is 4.85. The van der Waals surface area contributed by atoms with Crippen LogP contribution in [0.5, 0.6) is 0 Å². The number of carbonyl (C=O) groups excluding carboxylic acids is 1. The Morgan fingerprint density at radius 1 is 1.39 bits per heavy atom. The van der Waals surface area contributed by atoms with Crippen LogP contribution in [0.3, 0.4) is 0 Å². The summed E-state index contributed by atoms with van der Waals surface area (Å²) in [5.41, 5.74) is 0.488. The molecular formula is C17H21ClN2O3. The normalized spacial score (nSPS) is 13.8. The Labute approximate surface area is 139 Å². The predicted molar refractivity (Wildman–Crippen MR) is 92.1 cm³/mol. The van der Waals surface area contributed by atoms with Crippen LogP contribution in [0.25, 0.3) is 10.9 Å². The molecule has 1 aromatic carbocycles. The fraction of sp³-hybridized carbons (Fsp3) is 0.412. The van der Waals surface area contributed by atoms with Crippen molar-refractivity contribution < 1.29 is 9.90 Å². The van der Waals surface area contributed by atoms with E-state index < -0.39 is 5.91 Å². The van der Waals surface area contributed by atoms with Crippen LogP contribution in [0.2, 0.25) is 5.02 Å². The first kappa shape index (κ1) is 17.5. The molecule has 0 saturated heterocycles. The molecule has 0 aliphatic carbocycles. The van der Waals surface area contributed by atoms with Gasteiger partial charge in [0.2, 0.25) is 5.43 Å². The van der Waals surface area contributed by atoms with Gasteiger partial charge in [0.15, 0.2) is 0 Å². The van der Waals surface area contributed by atoms with E-state index in [0.717, 1.165) is 5.52 Å². The minimum Gasteiger partial charge on any atom is -0.396 e. The average molecular weight is 337 g/mol. The van der Waals surface area contributed by atoms with Gasteiger partial charge in [-0.1, -0.05) is 18.5 Å². The Morgan fingerprint density at radius 2 is 2.09 bits per heavy atom. The molecule has 1 heterocycles. The van der Waals surface area contributed by atoms with Gasteiger partial charge in [0.1, 0.15) is 5.56 Å². The van der Waals surface area contributed by atoms with E-state index in [1.165, 1.54) is 0 Å². The number of aromatic nitrogens is 1. The molecule has 2 aromatic rings. The van der Waals surface area contributed by atoms with Crippen LogP contribution in [0.15, 0.2) is 29.2 Å². The molecule has 0 saturated carbocycles. The number of aryl methyl sites for hydroxylation is 1. The smallest absolute Gasteiger partial charge is 0.256 e. The summed E-state index contributed by atoms with van der Waals surface area (Å²) in [4.78, 5) is 25.1. The molecule has 1 aromatic heterocycles. The van der Waals surface area contributed by atoms with Crippen molar-refractivity contribution in [1.82, 2.24) is 9.88 Å². The van der Waals surface area contributed by atoms with Crippen LogP contribution >= 0.6 is 11.6 Å². The van der Waals surface area contributed by atoms with Gasteiger partial charge in [-0.05, 0) is 38.0 Å². The van der Waals surface area contributed by atoms with Crippen molar-refractivity contribution in [2.75, 3.05) is 6.61 Å². The lowest BCUT2D eigenvalue weighted by molar-refractivity contribution is 0.0914. The Hall–Kier alpha value is -1.85. The standard InChI is InChI=1S/C17H21ClN2O3/c1-4-20-8-14(17(23)19-11(3)10(2)9-21)16(22)13-7-12(18)5-6-15(13)20/h5-8,10-11,21H,4,9H2,1-3H3,(H,19,23). The van der Waals surface area contributed by atoms with Crippen LogP contribution in [0, 0.1) is 5.92 Å². The van der Waals surface area contributed by atoms with Gasteiger partial charge in [-0.15, -0.1) is 0 Å². The first-order chi connectivity index (χ1) is 10.9. The largest absolute Gasteiger partial charge is 0.396 e. The lowest BCUT2D eigenvalue weighted by Gasteiger charge is -2.19. The molecule has 2 unspecified atom stereocenters. The Kier molecular flexibility index (Phi) is 5.44. The van der Waals surface area contributed by atoms with Crippen molar-refractivity contribution in [2.45, 2.75) is 33.4 Å². The maximum absolute atomic E-state index is 12.6. The Balaban J connectivity index is 2.50. The number of pyridine rings is 1. The second-order valence-corrected chi connectivity index (χ2v) is 6.18. The lowest BCUT2D eigenvalue weighted by Crippen LogP contribution is -2.40. The molecule has 1 amide bonds. The molecule has 0 bridgehead atoms. The third kappa shape index (κ3) is 3.57. The van der Waals surface area contributed by atoms with Gasteiger partial charge in [0, 0.05) is 35.8 Å². The van der Waals surface area contributed by atoms with Crippen molar-refractivity contribution in [1.29, 1.82) is 0 Å². The van der Waals surface area contributed by atoms with Gasteiger partial charge in [0.05, 0.1) is 5.52 Å². The van der Waals surface area contributed by atoms with Gasteiger partial charge < -0.3 is 15.0 Å². The van der Waals surface area contributed by atoms with E-state index in [9.17, 15) is 9.59 Å². The summed E-state index contributed by atoms with van der Waals surface area (Å²) in [5, 5.41) is 12.8. The number of benzene rings is 1.